The number of hydrogen-bond donors (Lipinski definition) is 1. The van der Waals surface area contributed by atoms with Crippen LogP contribution >= 0.6 is 11.3 Å². The van der Waals surface area contributed by atoms with E-state index in [9.17, 15) is 4.79 Å². The van der Waals surface area contributed by atoms with Gasteiger partial charge in [-0.15, -0.1) is 11.3 Å². The number of thiophene rings is 1. The van der Waals surface area contributed by atoms with Gasteiger partial charge in [-0.25, -0.2) is 0 Å². The fourth-order valence-corrected chi connectivity index (χ4v) is 3.21. The van der Waals surface area contributed by atoms with Gasteiger partial charge in [-0.1, -0.05) is 24.2 Å². The molecular formula is C19H21N3O3S. The molecule has 7 heteroatoms. The lowest BCUT2D eigenvalue weighted by molar-refractivity contribution is -0.117. The Labute approximate surface area is 156 Å². The molecule has 1 N–H and O–H groups in total. The minimum Gasteiger partial charge on any atom is -0.497 e. The number of methoxy groups -OCH3 is 1. The van der Waals surface area contributed by atoms with E-state index in [-0.39, 0.29) is 12.5 Å². The summed E-state index contributed by atoms with van der Waals surface area (Å²) >= 11 is 1.61. The summed E-state index contributed by atoms with van der Waals surface area (Å²) in [5.41, 5.74) is 1.52. The predicted octanol–water partition coefficient (Wildman–Crippen LogP) is 3.87. The molecular weight excluding hydrogens is 350 g/mol. The van der Waals surface area contributed by atoms with Crippen LogP contribution in [-0.4, -0.2) is 36.2 Å². The number of anilines is 1. The molecule has 0 fully saturated rings. The first-order valence-corrected chi connectivity index (χ1v) is 9.21. The molecule has 0 aliphatic heterocycles. The van der Waals surface area contributed by atoms with E-state index in [0.717, 1.165) is 22.9 Å². The maximum atomic E-state index is 12.3. The van der Waals surface area contributed by atoms with Gasteiger partial charge >= 0.3 is 0 Å². The SMILES string of the molecule is CCN(CC(=O)Nc1cccc(OC)c1)Cc1cc(-c2cccs2)on1. The third-order valence-electron chi connectivity index (χ3n) is 3.88. The molecule has 0 spiro atoms. The van der Waals surface area contributed by atoms with E-state index in [0.29, 0.717) is 18.0 Å². The van der Waals surface area contributed by atoms with Crippen LogP contribution in [0.4, 0.5) is 5.69 Å². The van der Waals surface area contributed by atoms with Crippen LogP contribution in [0.2, 0.25) is 0 Å². The van der Waals surface area contributed by atoms with E-state index in [2.05, 4.69) is 10.5 Å². The van der Waals surface area contributed by atoms with Crippen LogP contribution in [0.1, 0.15) is 12.6 Å². The fourth-order valence-electron chi connectivity index (χ4n) is 2.53. The largest absolute Gasteiger partial charge is 0.497 e. The number of carbonyl (C=O) groups excluding carboxylic acids is 1. The number of aromatic nitrogens is 1. The molecule has 0 atom stereocenters. The number of hydrogen-bond acceptors (Lipinski definition) is 6. The van der Waals surface area contributed by atoms with Crippen LogP contribution < -0.4 is 10.1 Å². The van der Waals surface area contributed by atoms with Gasteiger partial charge in [0.05, 0.1) is 24.2 Å². The minimum absolute atomic E-state index is 0.0814. The van der Waals surface area contributed by atoms with E-state index in [4.69, 9.17) is 9.26 Å². The maximum absolute atomic E-state index is 12.3. The Hall–Kier alpha value is -2.64. The lowest BCUT2D eigenvalue weighted by Crippen LogP contribution is -2.32. The number of likely N-dealkylation sites (N-methyl/N-ethyl adjacent to an activating group) is 1. The summed E-state index contributed by atoms with van der Waals surface area (Å²) in [5.74, 6) is 1.38. The summed E-state index contributed by atoms with van der Waals surface area (Å²) in [6.07, 6.45) is 0. The van der Waals surface area contributed by atoms with Gasteiger partial charge in [0, 0.05) is 24.4 Å². The lowest BCUT2D eigenvalue weighted by atomic mass is 10.3. The van der Waals surface area contributed by atoms with Crippen LogP contribution in [0.3, 0.4) is 0 Å². The van der Waals surface area contributed by atoms with Gasteiger partial charge in [-0.2, -0.15) is 0 Å². The van der Waals surface area contributed by atoms with E-state index < -0.39 is 0 Å². The molecule has 0 aliphatic carbocycles. The zero-order valence-corrected chi connectivity index (χ0v) is 15.6. The van der Waals surface area contributed by atoms with Crippen molar-refractivity contribution in [1.82, 2.24) is 10.1 Å². The number of carbonyl (C=O) groups is 1. The van der Waals surface area contributed by atoms with Gasteiger partial charge in [0.2, 0.25) is 5.91 Å². The second-order valence-corrected chi connectivity index (χ2v) is 6.69. The Morgan fingerprint density at radius 3 is 2.92 bits per heavy atom. The second kappa shape index (κ2) is 8.64. The van der Waals surface area contributed by atoms with Gasteiger partial charge in [0.15, 0.2) is 5.76 Å². The summed E-state index contributed by atoms with van der Waals surface area (Å²) in [4.78, 5) is 15.4. The van der Waals surface area contributed by atoms with Crippen LogP contribution in [0.5, 0.6) is 5.75 Å². The van der Waals surface area contributed by atoms with Gasteiger partial charge < -0.3 is 14.6 Å². The molecule has 0 aliphatic rings. The average Bonchev–Trinajstić information content (AvgIpc) is 3.32. The number of benzene rings is 1. The highest BCUT2D eigenvalue weighted by Gasteiger charge is 2.14. The molecule has 1 amide bonds. The Balaban J connectivity index is 1.57. The van der Waals surface area contributed by atoms with Crippen molar-refractivity contribution >= 4 is 22.9 Å². The Kier molecular flexibility index (Phi) is 6.04. The van der Waals surface area contributed by atoms with E-state index in [1.54, 1.807) is 24.5 Å². The quantitative estimate of drug-likeness (QED) is 0.651. The molecule has 3 rings (SSSR count). The number of amides is 1. The van der Waals surface area contributed by atoms with Crippen molar-refractivity contribution in [3.8, 4) is 16.4 Å². The van der Waals surface area contributed by atoms with Crippen molar-refractivity contribution in [2.75, 3.05) is 25.5 Å². The molecule has 0 unspecified atom stereocenters. The van der Waals surface area contributed by atoms with Gasteiger partial charge in [-0.05, 0) is 30.1 Å². The second-order valence-electron chi connectivity index (χ2n) is 5.74. The normalized spacial score (nSPS) is 10.9. The van der Waals surface area contributed by atoms with Crippen molar-refractivity contribution < 1.29 is 14.1 Å². The highest BCUT2D eigenvalue weighted by atomic mass is 32.1. The van der Waals surface area contributed by atoms with Crippen LogP contribution in [-0.2, 0) is 11.3 Å². The van der Waals surface area contributed by atoms with Crippen molar-refractivity contribution in [3.05, 3.63) is 53.5 Å². The standard InChI is InChI=1S/C19H21N3O3S/c1-3-22(12-15-11-17(25-21-15)18-8-5-9-26-18)13-19(23)20-14-6-4-7-16(10-14)24-2/h4-11H,3,12-13H2,1-2H3,(H,20,23). The van der Waals surface area contributed by atoms with Crippen molar-refractivity contribution in [2.24, 2.45) is 0 Å². The number of nitrogens with one attached hydrogen (secondary N) is 1. The third kappa shape index (κ3) is 4.71. The maximum Gasteiger partial charge on any atom is 0.238 e. The lowest BCUT2D eigenvalue weighted by Gasteiger charge is -2.18. The molecule has 6 nitrogen and oxygen atoms in total. The molecule has 2 aromatic heterocycles. The Morgan fingerprint density at radius 1 is 1.31 bits per heavy atom. The third-order valence-corrected chi connectivity index (χ3v) is 4.76. The van der Waals surface area contributed by atoms with Crippen LogP contribution in [0.25, 0.3) is 10.6 Å². The van der Waals surface area contributed by atoms with E-state index in [1.807, 2.05) is 53.6 Å². The zero-order chi connectivity index (χ0) is 18.4. The van der Waals surface area contributed by atoms with E-state index in [1.165, 1.54) is 0 Å². The van der Waals surface area contributed by atoms with Gasteiger partial charge in [0.1, 0.15) is 5.75 Å². The summed E-state index contributed by atoms with van der Waals surface area (Å²) in [6, 6.07) is 13.2. The monoisotopic (exact) mass is 371 g/mol. The molecule has 0 radical (unpaired) electrons. The first-order valence-electron chi connectivity index (χ1n) is 8.33. The highest BCUT2D eigenvalue weighted by molar-refractivity contribution is 7.13. The first kappa shape index (κ1) is 18.2. The molecule has 136 valence electrons. The summed E-state index contributed by atoms with van der Waals surface area (Å²) in [7, 11) is 1.60. The van der Waals surface area contributed by atoms with E-state index >= 15 is 0 Å². The smallest absolute Gasteiger partial charge is 0.238 e. The van der Waals surface area contributed by atoms with Crippen molar-refractivity contribution in [1.29, 1.82) is 0 Å². The first-order chi connectivity index (χ1) is 12.7. The number of nitrogens with zero attached hydrogens (tertiary/aromatic N) is 2. The highest BCUT2D eigenvalue weighted by Crippen LogP contribution is 2.25. The van der Waals surface area contributed by atoms with Crippen molar-refractivity contribution in [3.63, 3.8) is 0 Å². The predicted molar refractivity (Wildman–Crippen MR) is 102 cm³/mol. The molecule has 0 saturated carbocycles. The van der Waals surface area contributed by atoms with Gasteiger partial charge in [-0.3, -0.25) is 9.69 Å². The van der Waals surface area contributed by atoms with Crippen LogP contribution in [0.15, 0.2) is 52.4 Å². The fraction of sp³-hybridized carbons (Fsp3) is 0.263. The Bertz CT molecular complexity index is 845. The van der Waals surface area contributed by atoms with Gasteiger partial charge in [0.25, 0.3) is 0 Å². The minimum atomic E-state index is -0.0814. The molecule has 0 saturated heterocycles. The van der Waals surface area contributed by atoms with Crippen LogP contribution in [0, 0.1) is 0 Å². The molecule has 2 heterocycles. The zero-order valence-electron chi connectivity index (χ0n) is 14.8. The summed E-state index contributed by atoms with van der Waals surface area (Å²) < 4.78 is 10.6. The number of rotatable bonds is 8. The average molecular weight is 371 g/mol. The topological polar surface area (TPSA) is 67.6 Å². The summed E-state index contributed by atoms with van der Waals surface area (Å²) in [6.45, 7) is 3.57. The summed E-state index contributed by atoms with van der Waals surface area (Å²) in [5, 5.41) is 9.01. The molecule has 3 aromatic rings. The Morgan fingerprint density at radius 2 is 2.19 bits per heavy atom. The number of ether oxygens (including phenoxy) is 1. The molecule has 0 bridgehead atoms. The molecule has 26 heavy (non-hydrogen) atoms. The molecule has 1 aromatic carbocycles. The van der Waals surface area contributed by atoms with Crippen molar-refractivity contribution in [2.45, 2.75) is 13.5 Å².